The molecular weight excluding hydrogens is 356 g/mol. The van der Waals surface area contributed by atoms with Gasteiger partial charge in [0, 0.05) is 29.8 Å². The monoisotopic (exact) mass is 380 g/mol. The third-order valence-electron chi connectivity index (χ3n) is 4.24. The Labute approximate surface area is 164 Å². The molecule has 0 fully saturated rings. The van der Waals surface area contributed by atoms with Crippen LogP contribution < -0.4 is 0 Å². The summed E-state index contributed by atoms with van der Waals surface area (Å²) in [6, 6.07) is 20.6. The zero-order valence-corrected chi connectivity index (χ0v) is 16.3. The molecule has 5 heteroatoms. The van der Waals surface area contributed by atoms with E-state index in [4.69, 9.17) is 10.1 Å². The molecule has 0 spiro atoms. The number of aliphatic carboxylic acids is 1. The van der Waals surface area contributed by atoms with Crippen molar-refractivity contribution in [1.82, 2.24) is 9.55 Å². The van der Waals surface area contributed by atoms with Crippen LogP contribution in [0, 0.1) is 0 Å². The zero-order valence-electron chi connectivity index (χ0n) is 15.5. The van der Waals surface area contributed by atoms with Crippen molar-refractivity contribution in [3.05, 3.63) is 60.7 Å². The van der Waals surface area contributed by atoms with E-state index in [1.165, 1.54) is 0 Å². The second-order valence-electron chi connectivity index (χ2n) is 6.32. The molecule has 1 aromatic heterocycles. The molecule has 0 saturated carbocycles. The maximum absolute atomic E-state index is 10.8. The largest absolute Gasteiger partial charge is 0.481 e. The van der Waals surface area contributed by atoms with Crippen molar-refractivity contribution >= 4 is 17.7 Å². The summed E-state index contributed by atoms with van der Waals surface area (Å²) in [5.41, 5.74) is 4.36. The van der Waals surface area contributed by atoms with Gasteiger partial charge in [-0.25, -0.2) is 4.98 Å². The van der Waals surface area contributed by atoms with Gasteiger partial charge in [0.25, 0.3) is 0 Å². The van der Waals surface area contributed by atoms with Crippen LogP contribution in [0.15, 0.2) is 65.8 Å². The predicted octanol–water partition coefficient (Wildman–Crippen LogP) is 5.58. The van der Waals surface area contributed by atoms with E-state index in [9.17, 15) is 4.79 Å². The Morgan fingerprint density at radius 1 is 1.04 bits per heavy atom. The molecule has 140 valence electrons. The molecule has 4 nitrogen and oxygen atoms in total. The molecule has 0 bridgehead atoms. The number of rotatable bonds is 9. The number of thioether (sulfide) groups is 1. The van der Waals surface area contributed by atoms with Gasteiger partial charge in [0.05, 0.1) is 11.4 Å². The standard InChI is InChI=1S/C22H24N2O2S/c1-2-15-24-21(18-12-7-4-8-13-18)20(17-10-5-3-6-11-17)23-22(24)27-16-9-14-19(25)26/h3-8,10-13H,2,9,14-16H2,1H3,(H,25,26). The molecule has 0 amide bonds. The van der Waals surface area contributed by atoms with Crippen molar-refractivity contribution in [2.75, 3.05) is 5.75 Å². The Bertz CT molecular complexity index is 876. The lowest BCUT2D eigenvalue weighted by Gasteiger charge is -2.12. The smallest absolute Gasteiger partial charge is 0.303 e. The van der Waals surface area contributed by atoms with Gasteiger partial charge in [0.2, 0.25) is 0 Å². The van der Waals surface area contributed by atoms with Crippen molar-refractivity contribution in [2.24, 2.45) is 0 Å². The van der Waals surface area contributed by atoms with E-state index >= 15 is 0 Å². The molecule has 0 radical (unpaired) electrons. The summed E-state index contributed by atoms with van der Waals surface area (Å²) < 4.78 is 2.28. The highest BCUT2D eigenvalue weighted by Crippen LogP contribution is 2.36. The van der Waals surface area contributed by atoms with Crippen LogP contribution in [-0.4, -0.2) is 26.4 Å². The molecule has 3 rings (SSSR count). The third kappa shape index (κ3) is 4.80. The number of carbonyl (C=O) groups is 1. The Balaban J connectivity index is 2.03. The zero-order chi connectivity index (χ0) is 19.1. The Morgan fingerprint density at radius 2 is 1.67 bits per heavy atom. The molecule has 1 heterocycles. The number of aromatic nitrogens is 2. The van der Waals surface area contributed by atoms with E-state index < -0.39 is 5.97 Å². The van der Waals surface area contributed by atoms with E-state index in [1.807, 2.05) is 36.4 Å². The van der Waals surface area contributed by atoms with Gasteiger partial charge in [-0.15, -0.1) is 0 Å². The summed E-state index contributed by atoms with van der Waals surface area (Å²) in [7, 11) is 0. The van der Waals surface area contributed by atoms with E-state index in [2.05, 4.69) is 35.8 Å². The molecule has 3 aromatic rings. The molecule has 1 N–H and O–H groups in total. The van der Waals surface area contributed by atoms with Crippen LogP contribution in [0.5, 0.6) is 0 Å². The van der Waals surface area contributed by atoms with E-state index in [-0.39, 0.29) is 6.42 Å². The van der Waals surface area contributed by atoms with Gasteiger partial charge in [-0.1, -0.05) is 79.3 Å². The number of hydrogen-bond acceptors (Lipinski definition) is 3. The van der Waals surface area contributed by atoms with Gasteiger partial charge in [-0.2, -0.15) is 0 Å². The van der Waals surface area contributed by atoms with Gasteiger partial charge in [0.15, 0.2) is 5.16 Å². The highest BCUT2D eigenvalue weighted by atomic mass is 32.2. The summed E-state index contributed by atoms with van der Waals surface area (Å²) in [6.45, 7) is 3.04. The fourth-order valence-electron chi connectivity index (χ4n) is 3.05. The highest BCUT2D eigenvalue weighted by Gasteiger charge is 2.19. The van der Waals surface area contributed by atoms with Crippen molar-refractivity contribution in [3.8, 4) is 22.5 Å². The quantitative estimate of drug-likeness (QED) is 0.389. The third-order valence-corrected chi connectivity index (χ3v) is 5.30. The molecule has 2 aromatic carbocycles. The van der Waals surface area contributed by atoms with Crippen LogP contribution in [0.1, 0.15) is 26.2 Å². The van der Waals surface area contributed by atoms with Crippen LogP contribution in [0.4, 0.5) is 0 Å². The van der Waals surface area contributed by atoms with Crippen LogP contribution in [-0.2, 0) is 11.3 Å². The fourth-order valence-corrected chi connectivity index (χ4v) is 4.01. The SMILES string of the molecule is CCCn1c(SCCCC(=O)O)nc(-c2ccccc2)c1-c1ccccc1. The lowest BCUT2D eigenvalue weighted by atomic mass is 10.0. The normalized spacial score (nSPS) is 10.9. The Kier molecular flexibility index (Phi) is 6.71. The number of nitrogens with zero attached hydrogens (tertiary/aromatic N) is 2. The molecule has 0 aliphatic heterocycles. The minimum Gasteiger partial charge on any atom is -0.481 e. The minimum atomic E-state index is -0.748. The molecule has 0 aliphatic rings. The average molecular weight is 381 g/mol. The lowest BCUT2D eigenvalue weighted by Crippen LogP contribution is -2.02. The number of hydrogen-bond donors (Lipinski definition) is 1. The molecule has 0 atom stereocenters. The molecule has 27 heavy (non-hydrogen) atoms. The maximum Gasteiger partial charge on any atom is 0.303 e. The summed E-state index contributed by atoms with van der Waals surface area (Å²) in [5.74, 6) is -0.00221. The summed E-state index contributed by atoms with van der Waals surface area (Å²) in [6.07, 6.45) is 1.84. The maximum atomic E-state index is 10.8. The number of carboxylic acids is 1. The van der Waals surface area contributed by atoms with Gasteiger partial charge in [0.1, 0.15) is 0 Å². The number of benzene rings is 2. The first-order valence-electron chi connectivity index (χ1n) is 9.26. The van der Waals surface area contributed by atoms with Crippen LogP contribution in [0.2, 0.25) is 0 Å². The van der Waals surface area contributed by atoms with Crippen molar-refractivity contribution < 1.29 is 9.90 Å². The molecular formula is C22H24N2O2S. The molecule has 0 saturated heterocycles. The van der Waals surface area contributed by atoms with Crippen molar-refractivity contribution in [2.45, 2.75) is 37.9 Å². The van der Waals surface area contributed by atoms with Crippen LogP contribution in [0.3, 0.4) is 0 Å². The van der Waals surface area contributed by atoms with Crippen LogP contribution in [0.25, 0.3) is 22.5 Å². The van der Waals surface area contributed by atoms with E-state index in [0.29, 0.717) is 6.42 Å². The van der Waals surface area contributed by atoms with Crippen LogP contribution >= 0.6 is 11.8 Å². The fraction of sp³-hybridized carbons (Fsp3) is 0.273. The highest BCUT2D eigenvalue weighted by molar-refractivity contribution is 7.99. The first kappa shape index (κ1) is 19.2. The van der Waals surface area contributed by atoms with Gasteiger partial charge in [-0.05, 0) is 12.8 Å². The molecule has 0 aliphatic carbocycles. The topological polar surface area (TPSA) is 55.1 Å². The Morgan fingerprint density at radius 3 is 2.26 bits per heavy atom. The van der Waals surface area contributed by atoms with Crippen molar-refractivity contribution in [1.29, 1.82) is 0 Å². The number of carboxylic acid groups (broad SMARTS) is 1. The summed E-state index contributed by atoms with van der Waals surface area (Å²) in [5, 5.41) is 9.82. The lowest BCUT2D eigenvalue weighted by molar-refractivity contribution is -0.137. The van der Waals surface area contributed by atoms with Crippen molar-refractivity contribution in [3.63, 3.8) is 0 Å². The number of imidazole rings is 1. The van der Waals surface area contributed by atoms with Gasteiger partial charge < -0.3 is 9.67 Å². The first-order valence-corrected chi connectivity index (χ1v) is 10.2. The van der Waals surface area contributed by atoms with Gasteiger partial charge >= 0.3 is 5.97 Å². The minimum absolute atomic E-state index is 0.193. The second kappa shape index (κ2) is 9.42. The van der Waals surface area contributed by atoms with E-state index in [0.717, 1.165) is 46.4 Å². The second-order valence-corrected chi connectivity index (χ2v) is 7.38. The van der Waals surface area contributed by atoms with Gasteiger partial charge in [-0.3, -0.25) is 4.79 Å². The molecule has 0 unspecified atom stereocenters. The summed E-state index contributed by atoms with van der Waals surface area (Å²) >= 11 is 1.64. The summed E-state index contributed by atoms with van der Waals surface area (Å²) in [4.78, 5) is 15.7. The predicted molar refractivity (Wildman–Crippen MR) is 111 cm³/mol. The average Bonchev–Trinajstić information content (AvgIpc) is 3.05. The first-order chi connectivity index (χ1) is 13.2. The Hall–Kier alpha value is -2.53. The van der Waals surface area contributed by atoms with E-state index in [1.54, 1.807) is 11.8 Å².